The molecule has 0 spiro atoms. The lowest BCUT2D eigenvalue weighted by Gasteiger charge is -2.01. The molecule has 0 amide bonds. The van der Waals surface area contributed by atoms with Gasteiger partial charge in [0.15, 0.2) is 0 Å². The van der Waals surface area contributed by atoms with E-state index in [1.165, 1.54) is 6.21 Å². The van der Waals surface area contributed by atoms with Gasteiger partial charge in [0.25, 0.3) is 0 Å². The molecule has 0 aliphatic heterocycles. The largest absolute Gasteiger partial charge is 0.393 e. The highest BCUT2D eigenvalue weighted by atomic mass is 16.3. The standard InChI is InChI=1S/C8H17NO/c1-8(10)6-4-2-3-5-7-9/h7-10H,2-6H2,1H3. The van der Waals surface area contributed by atoms with Gasteiger partial charge in [0.1, 0.15) is 0 Å². The molecule has 0 aromatic rings. The number of unbranched alkanes of at least 4 members (excludes halogenated alkanes) is 3. The topological polar surface area (TPSA) is 44.1 Å². The number of hydrogen-bond acceptors (Lipinski definition) is 2. The maximum atomic E-state index is 8.86. The van der Waals surface area contributed by atoms with Crippen molar-refractivity contribution in [3.63, 3.8) is 0 Å². The second kappa shape index (κ2) is 6.75. The summed E-state index contributed by atoms with van der Waals surface area (Å²) in [5.74, 6) is 0. The zero-order valence-electron chi connectivity index (χ0n) is 6.64. The first-order valence-corrected chi connectivity index (χ1v) is 3.94. The summed E-state index contributed by atoms with van der Waals surface area (Å²) in [4.78, 5) is 0. The Morgan fingerprint density at radius 3 is 2.60 bits per heavy atom. The molecular weight excluding hydrogens is 126 g/mol. The lowest BCUT2D eigenvalue weighted by molar-refractivity contribution is 0.180. The van der Waals surface area contributed by atoms with Gasteiger partial charge in [-0.25, -0.2) is 0 Å². The van der Waals surface area contributed by atoms with E-state index in [0.717, 1.165) is 32.1 Å². The first kappa shape index (κ1) is 9.63. The average molecular weight is 143 g/mol. The van der Waals surface area contributed by atoms with Crippen LogP contribution < -0.4 is 0 Å². The van der Waals surface area contributed by atoms with Gasteiger partial charge in [0, 0.05) is 0 Å². The molecule has 0 fully saturated rings. The van der Waals surface area contributed by atoms with Crippen LogP contribution in [0.5, 0.6) is 0 Å². The monoisotopic (exact) mass is 143 g/mol. The van der Waals surface area contributed by atoms with Crippen LogP contribution in [0.4, 0.5) is 0 Å². The minimum Gasteiger partial charge on any atom is -0.393 e. The second-order valence-electron chi connectivity index (χ2n) is 2.69. The Morgan fingerprint density at radius 2 is 2.10 bits per heavy atom. The Kier molecular flexibility index (Phi) is 6.50. The number of hydrogen-bond donors (Lipinski definition) is 2. The van der Waals surface area contributed by atoms with Crippen molar-refractivity contribution >= 4 is 6.21 Å². The lowest BCUT2D eigenvalue weighted by atomic mass is 10.1. The molecular formula is C8H17NO. The molecule has 0 aromatic carbocycles. The highest BCUT2D eigenvalue weighted by Crippen LogP contribution is 2.03. The van der Waals surface area contributed by atoms with Crippen LogP contribution in [0.1, 0.15) is 39.0 Å². The molecule has 2 N–H and O–H groups in total. The maximum absolute atomic E-state index is 8.86. The summed E-state index contributed by atoms with van der Waals surface area (Å²) in [6, 6.07) is 0. The molecule has 0 aliphatic rings. The normalized spacial score (nSPS) is 13.0. The van der Waals surface area contributed by atoms with Crippen LogP contribution in [0.15, 0.2) is 0 Å². The Hall–Kier alpha value is -0.370. The fraction of sp³-hybridized carbons (Fsp3) is 0.875. The van der Waals surface area contributed by atoms with Crippen molar-refractivity contribution in [2.45, 2.75) is 45.1 Å². The molecule has 0 bridgehead atoms. The highest BCUT2D eigenvalue weighted by molar-refractivity contribution is 5.52. The van der Waals surface area contributed by atoms with Crippen molar-refractivity contribution in [3.05, 3.63) is 0 Å². The van der Waals surface area contributed by atoms with Crippen LogP contribution in [0.3, 0.4) is 0 Å². The zero-order chi connectivity index (χ0) is 7.82. The summed E-state index contributed by atoms with van der Waals surface area (Å²) in [5.41, 5.74) is 0. The van der Waals surface area contributed by atoms with Gasteiger partial charge in [-0.05, 0) is 32.4 Å². The molecule has 0 saturated heterocycles. The second-order valence-corrected chi connectivity index (χ2v) is 2.69. The third-order valence-corrected chi connectivity index (χ3v) is 1.47. The molecule has 0 aromatic heterocycles. The SMILES string of the molecule is CC(O)CCCCCC=N. The number of aliphatic hydroxyl groups is 1. The van der Waals surface area contributed by atoms with Gasteiger partial charge in [-0.2, -0.15) is 0 Å². The molecule has 2 nitrogen and oxygen atoms in total. The first-order valence-electron chi connectivity index (χ1n) is 3.94. The van der Waals surface area contributed by atoms with E-state index in [1.807, 2.05) is 6.92 Å². The van der Waals surface area contributed by atoms with Crippen LogP contribution in [-0.4, -0.2) is 17.4 Å². The van der Waals surface area contributed by atoms with Crippen molar-refractivity contribution < 1.29 is 5.11 Å². The van der Waals surface area contributed by atoms with Crippen molar-refractivity contribution in [1.82, 2.24) is 0 Å². The van der Waals surface area contributed by atoms with Crippen LogP contribution in [0, 0.1) is 5.41 Å². The molecule has 0 saturated carbocycles. The Bertz CT molecular complexity index is 81.3. The van der Waals surface area contributed by atoms with E-state index in [9.17, 15) is 0 Å². The maximum Gasteiger partial charge on any atom is 0.0512 e. The third-order valence-electron chi connectivity index (χ3n) is 1.47. The fourth-order valence-corrected chi connectivity index (χ4v) is 0.863. The molecule has 1 unspecified atom stereocenters. The molecule has 0 heterocycles. The average Bonchev–Trinajstić information content (AvgIpc) is 1.87. The molecule has 0 aliphatic carbocycles. The van der Waals surface area contributed by atoms with Crippen molar-refractivity contribution in [2.24, 2.45) is 0 Å². The summed E-state index contributed by atoms with van der Waals surface area (Å²) in [6.45, 7) is 1.82. The van der Waals surface area contributed by atoms with Crippen molar-refractivity contribution in [3.8, 4) is 0 Å². The summed E-state index contributed by atoms with van der Waals surface area (Å²) < 4.78 is 0. The number of aliphatic hydroxyl groups excluding tert-OH is 1. The Labute approximate surface area is 62.8 Å². The minimum atomic E-state index is -0.153. The summed E-state index contributed by atoms with van der Waals surface area (Å²) in [7, 11) is 0. The van der Waals surface area contributed by atoms with Gasteiger partial charge in [0.2, 0.25) is 0 Å². The van der Waals surface area contributed by atoms with Crippen LogP contribution in [-0.2, 0) is 0 Å². The van der Waals surface area contributed by atoms with E-state index in [-0.39, 0.29) is 6.10 Å². The molecule has 0 rings (SSSR count). The van der Waals surface area contributed by atoms with E-state index in [4.69, 9.17) is 10.5 Å². The van der Waals surface area contributed by atoms with E-state index in [0.29, 0.717) is 0 Å². The molecule has 1 atom stereocenters. The fourth-order valence-electron chi connectivity index (χ4n) is 0.863. The van der Waals surface area contributed by atoms with E-state index in [2.05, 4.69) is 0 Å². The highest BCUT2D eigenvalue weighted by Gasteiger charge is 1.93. The summed E-state index contributed by atoms with van der Waals surface area (Å²) in [6.07, 6.45) is 6.40. The van der Waals surface area contributed by atoms with Gasteiger partial charge in [-0.1, -0.05) is 12.8 Å². The third kappa shape index (κ3) is 7.63. The van der Waals surface area contributed by atoms with Crippen LogP contribution in [0.2, 0.25) is 0 Å². The van der Waals surface area contributed by atoms with Gasteiger partial charge in [-0.15, -0.1) is 0 Å². The minimum absolute atomic E-state index is 0.153. The Morgan fingerprint density at radius 1 is 1.40 bits per heavy atom. The van der Waals surface area contributed by atoms with Gasteiger partial charge in [-0.3, -0.25) is 0 Å². The first-order chi connectivity index (χ1) is 4.77. The number of nitrogens with one attached hydrogen (secondary N) is 1. The van der Waals surface area contributed by atoms with Crippen LogP contribution in [0.25, 0.3) is 0 Å². The molecule has 10 heavy (non-hydrogen) atoms. The van der Waals surface area contributed by atoms with E-state index < -0.39 is 0 Å². The van der Waals surface area contributed by atoms with Gasteiger partial charge < -0.3 is 10.5 Å². The van der Waals surface area contributed by atoms with E-state index >= 15 is 0 Å². The Balaban J connectivity index is 2.83. The summed E-state index contributed by atoms with van der Waals surface area (Å²) >= 11 is 0. The predicted molar refractivity (Wildman–Crippen MR) is 43.5 cm³/mol. The number of rotatable bonds is 6. The quantitative estimate of drug-likeness (QED) is 0.433. The predicted octanol–water partition coefficient (Wildman–Crippen LogP) is 1.97. The lowest BCUT2D eigenvalue weighted by Crippen LogP contribution is -1.98. The summed E-state index contributed by atoms with van der Waals surface area (Å²) in [5, 5.41) is 15.6. The smallest absolute Gasteiger partial charge is 0.0512 e. The van der Waals surface area contributed by atoms with Crippen molar-refractivity contribution in [2.75, 3.05) is 0 Å². The molecule has 2 heteroatoms. The van der Waals surface area contributed by atoms with Gasteiger partial charge >= 0.3 is 0 Å². The molecule has 60 valence electrons. The van der Waals surface area contributed by atoms with E-state index in [1.54, 1.807) is 0 Å². The van der Waals surface area contributed by atoms with Gasteiger partial charge in [0.05, 0.1) is 6.10 Å². The zero-order valence-corrected chi connectivity index (χ0v) is 6.64. The van der Waals surface area contributed by atoms with Crippen molar-refractivity contribution in [1.29, 1.82) is 5.41 Å². The van der Waals surface area contributed by atoms with Crippen LogP contribution >= 0.6 is 0 Å². The molecule has 0 radical (unpaired) electrons.